The molecule has 0 aliphatic rings. The SMILES string of the molecule is C=CCCCC(C=O)C(C)C. The Balaban J connectivity index is 3.51. The summed E-state index contributed by atoms with van der Waals surface area (Å²) in [6, 6.07) is 0. The van der Waals surface area contributed by atoms with E-state index in [1.54, 1.807) is 0 Å². The number of hydrogen-bond acceptors (Lipinski definition) is 1. The lowest BCUT2D eigenvalue weighted by Gasteiger charge is -2.12. The van der Waals surface area contributed by atoms with Crippen LogP contribution in [0.25, 0.3) is 0 Å². The van der Waals surface area contributed by atoms with Gasteiger partial charge in [-0.2, -0.15) is 0 Å². The monoisotopic (exact) mass is 154 g/mol. The van der Waals surface area contributed by atoms with Gasteiger partial charge in [0.05, 0.1) is 0 Å². The molecule has 0 saturated heterocycles. The molecule has 1 atom stereocenters. The van der Waals surface area contributed by atoms with Gasteiger partial charge in [0.2, 0.25) is 0 Å². The van der Waals surface area contributed by atoms with Gasteiger partial charge in [0.15, 0.2) is 0 Å². The number of allylic oxidation sites excluding steroid dienone is 1. The van der Waals surface area contributed by atoms with E-state index in [2.05, 4.69) is 20.4 Å². The van der Waals surface area contributed by atoms with Gasteiger partial charge in [-0.15, -0.1) is 6.58 Å². The van der Waals surface area contributed by atoms with E-state index in [1.165, 1.54) is 0 Å². The summed E-state index contributed by atoms with van der Waals surface area (Å²) in [5.41, 5.74) is 0. The summed E-state index contributed by atoms with van der Waals surface area (Å²) in [5, 5.41) is 0. The van der Waals surface area contributed by atoms with Crippen LogP contribution in [0.4, 0.5) is 0 Å². The molecule has 0 rings (SSSR count). The third-order valence-corrected chi connectivity index (χ3v) is 1.98. The topological polar surface area (TPSA) is 17.1 Å². The number of unbranched alkanes of at least 4 members (excludes halogenated alkanes) is 1. The summed E-state index contributed by atoms with van der Waals surface area (Å²) in [4.78, 5) is 10.5. The van der Waals surface area contributed by atoms with Crippen LogP contribution in [0.5, 0.6) is 0 Å². The van der Waals surface area contributed by atoms with E-state index in [1.807, 2.05) is 6.08 Å². The summed E-state index contributed by atoms with van der Waals surface area (Å²) in [6.45, 7) is 7.82. The van der Waals surface area contributed by atoms with E-state index in [0.717, 1.165) is 25.5 Å². The fraction of sp³-hybridized carbons (Fsp3) is 0.700. The highest BCUT2D eigenvalue weighted by Crippen LogP contribution is 2.15. The van der Waals surface area contributed by atoms with Gasteiger partial charge in [-0.3, -0.25) is 0 Å². The average Bonchev–Trinajstić information content (AvgIpc) is 1.97. The molecule has 0 heterocycles. The fourth-order valence-corrected chi connectivity index (χ4v) is 1.06. The van der Waals surface area contributed by atoms with Crippen molar-refractivity contribution < 1.29 is 4.79 Å². The predicted molar refractivity (Wildman–Crippen MR) is 48.4 cm³/mol. The van der Waals surface area contributed by atoms with E-state index < -0.39 is 0 Å². The smallest absolute Gasteiger partial charge is 0.123 e. The summed E-state index contributed by atoms with van der Waals surface area (Å²) < 4.78 is 0. The Morgan fingerprint density at radius 3 is 2.45 bits per heavy atom. The molecule has 0 bridgehead atoms. The summed E-state index contributed by atoms with van der Waals surface area (Å²) in [5.74, 6) is 0.729. The minimum Gasteiger partial charge on any atom is -0.303 e. The molecule has 11 heavy (non-hydrogen) atoms. The number of rotatable bonds is 6. The molecule has 64 valence electrons. The predicted octanol–water partition coefficient (Wildman–Crippen LogP) is 2.81. The van der Waals surface area contributed by atoms with Crippen LogP contribution in [0.1, 0.15) is 33.1 Å². The molecule has 0 saturated carbocycles. The number of hydrogen-bond donors (Lipinski definition) is 0. The molecule has 0 radical (unpaired) electrons. The molecule has 0 spiro atoms. The van der Waals surface area contributed by atoms with Gasteiger partial charge in [-0.05, 0) is 25.2 Å². The summed E-state index contributed by atoms with van der Waals surface area (Å²) >= 11 is 0. The maximum Gasteiger partial charge on any atom is 0.123 e. The van der Waals surface area contributed by atoms with Crippen molar-refractivity contribution in [1.82, 2.24) is 0 Å². The first-order valence-corrected chi connectivity index (χ1v) is 4.28. The molecule has 0 aliphatic heterocycles. The maximum atomic E-state index is 10.5. The van der Waals surface area contributed by atoms with Crippen molar-refractivity contribution in [2.45, 2.75) is 33.1 Å². The van der Waals surface area contributed by atoms with Crippen molar-refractivity contribution >= 4 is 6.29 Å². The molecule has 1 nitrogen and oxygen atoms in total. The van der Waals surface area contributed by atoms with Crippen LogP contribution < -0.4 is 0 Å². The van der Waals surface area contributed by atoms with Crippen LogP contribution in [-0.2, 0) is 4.79 Å². The van der Waals surface area contributed by atoms with E-state index >= 15 is 0 Å². The lowest BCUT2D eigenvalue weighted by Crippen LogP contribution is -2.09. The Kier molecular flexibility index (Phi) is 5.81. The molecule has 0 aromatic heterocycles. The van der Waals surface area contributed by atoms with E-state index in [-0.39, 0.29) is 5.92 Å². The van der Waals surface area contributed by atoms with Crippen molar-refractivity contribution in [2.24, 2.45) is 11.8 Å². The summed E-state index contributed by atoms with van der Waals surface area (Å²) in [6.07, 6.45) is 6.10. The van der Waals surface area contributed by atoms with Gasteiger partial charge in [0, 0.05) is 5.92 Å². The van der Waals surface area contributed by atoms with Crippen molar-refractivity contribution in [3.8, 4) is 0 Å². The van der Waals surface area contributed by atoms with E-state index in [0.29, 0.717) is 5.92 Å². The molecule has 1 heteroatoms. The fourth-order valence-electron chi connectivity index (χ4n) is 1.06. The third kappa shape index (κ3) is 4.77. The standard InChI is InChI=1S/C10H18O/c1-4-5-6-7-10(8-11)9(2)3/h4,8-10H,1,5-7H2,2-3H3. The van der Waals surface area contributed by atoms with Crippen molar-refractivity contribution in [1.29, 1.82) is 0 Å². The van der Waals surface area contributed by atoms with Crippen LogP contribution in [-0.4, -0.2) is 6.29 Å². The average molecular weight is 154 g/mol. The van der Waals surface area contributed by atoms with Crippen LogP contribution in [0.2, 0.25) is 0 Å². The Bertz CT molecular complexity index is 116. The molecular weight excluding hydrogens is 136 g/mol. The minimum absolute atomic E-state index is 0.245. The quantitative estimate of drug-likeness (QED) is 0.326. The van der Waals surface area contributed by atoms with Crippen LogP contribution in [0.15, 0.2) is 12.7 Å². The molecular formula is C10H18O. The first-order chi connectivity index (χ1) is 5.22. The highest BCUT2D eigenvalue weighted by atomic mass is 16.1. The van der Waals surface area contributed by atoms with E-state index in [4.69, 9.17) is 0 Å². The normalized spacial score (nSPS) is 13.0. The second-order valence-electron chi connectivity index (χ2n) is 3.26. The summed E-state index contributed by atoms with van der Waals surface area (Å²) in [7, 11) is 0. The highest BCUT2D eigenvalue weighted by Gasteiger charge is 2.10. The zero-order chi connectivity index (χ0) is 8.69. The number of aldehydes is 1. The molecule has 0 aromatic carbocycles. The molecule has 1 unspecified atom stereocenters. The number of carbonyl (C=O) groups excluding carboxylic acids is 1. The molecule has 0 amide bonds. The third-order valence-electron chi connectivity index (χ3n) is 1.98. The zero-order valence-electron chi connectivity index (χ0n) is 7.55. The minimum atomic E-state index is 0.245. The molecule has 0 N–H and O–H groups in total. The Morgan fingerprint density at radius 2 is 2.09 bits per heavy atom. The Morgan fingerprint density at radius 1 is 1.45 bits per heavy atom. The lowest BCUT2D eigenvalue weighted by atomic mass is 9.92. The second kappa shape index (κ2) is 6.14. The molecule has 0 aromatic rings. The van der Waals surface area contributed by atoms with Crippen LogP contribution in [0, 0.1) is 11.8 Å². The zero-order valence-corrected chi connectivity index (χ0v) is 7.55. The highest BCUT2D eigenvalue weighted by molar-refractivity contribution is 5.53. The molecule has 0 fully saturated rings. The van der Waals surface area contributed by atoms with Gasteiger partial charge in [-0.25, -0.2) is 0 Å². The van der Waals surface area contributed by atoms with Crippen molar-refractivity contribution in [3.05, 3.63) is 12.7 Å². The Hall–Kier alpha value is -0.590. The maximum absolute atomic E-state index is 10.5. The Labute approximate surface area is 69.5 Å². The van der Waals surface area contributed by atoms with Gasteiger partial charge in [-0.1, -0.05) is 19.9 Å². The van der Waals surface area contributed by atoms with Crippen molar-refractivity contribution in [2.75, 3.05) is 0 Å². The van der Waals surface area contributed by atoms with Gasteiger partial charge in [0.25, 0.3) is 0 Å². The second-order valence-corrected chi connectivity index (χ2v) is 3.26. The lowest BCUT2D eigenvalue weighted by molar-refractivity contribution is -0.112. The van der Waals surface area contributed by atoms with Crippen LogP contribution >= 0.6 is 0 Å². The van der Waals surface area contributed by atoms with Gasteiger partial charge < -0.3 is 4.79 Å². The van der Waals surface area contributed by atoms with Gasteiger partial charge >= 0.3 is 0 Å². The first-order valence-electron chi connectivity index (χ1n) is 4.28. The van der Waals surface area contributed by atoms with Gasteiger partial charge in [0.1, 0.15) is 6.29 Å². The number of carbonyl (C=O) groups is 1. The molecule has 0 aliphatic carbocycles. The van der Waals surface area contributed by atoms with Crippen molar-refractivity contribution in [3.63, 3.8) is 0 Å². The van der Waals surface area contributed by atoms with E-state index in [9.17, 15) is 4.79 Å². The first kappa shape index (κ1) is 10.4. The largest absolute Gasteiger partial charge is 0.303 e. The van der Waals surface area contributed by atoms with Crippen LogP contribution in [0.3, 0.4) is 0 Å².